The molecule has 0 unspecified atom stereocenters. The number of carbonyl (C=O) groups is 3. The Hall–Kier alpha value is -3.67. The molecular weight excluding hydrogens is 550 g/mol. The minimum atomic E-state index is -0.916. The number of aryl methyl sites for hydroxylation is 2. The summed E-state index contributed by atoms with van der Waals surface area (Å²) in [6.45, 7) is 2.66. The minimum absolute atomic E-state index is 0.0866. The third-order valence-electron chi connectivity index (χ3n) is 7.62. The van der Waals surface area contributed by atoms with E-state index < -0.39 is 5.41 Å². The molecule has 1 fully saturated rings. The zero-order valence-corrected chi connectivity index (χ0v) is 24.2. The van der Waals surface area contributed by atoms with Crippen LogP contribution in [0.2, 0.25) is 0 Å². The molecule has 40 heavy (non-hydrogen) atoms. The van der Waals surface area contributed by atoms with Gasteiger partial charge in [-0.25, -0.2) is 0 Å². The van der Waals surface area contributed by atoms with Crippen molar-refractivity contribution in [3.8, 4) is 6.07 Å². The van der Waals surface area contributed by atoms with Gasteiger partial charge in [0.2, 0.25) is 5.91 Å². The summed E-state index contributed by atoms with van der Waals surface area (Å²) >= 11 is 2.79. The van der Waals surface area contributed by atoms with Crippen LogP contribution in [0.5, 0.6) is 0 Å². The highest BCUT2D eigenvalue weighted by atomic mass is 32.1. The number of carbonyl (C=O) groups excluding carboxylic acids is 3. The summed E-state index contributed by atoms with van der Waals surface area (Å²) in [5, 5.41) is 33.6. The van der Waals surface area contributed by atoms with E-state index in [-0.39, 0.29) is 36.3 Å². The molecule has 5 rings (SSSR count). The van der Waals surface area contributed by atoms with Crippen molar-refractivity contribution >= 4 is 40.4 Å². The number of aromatic amines is 1. The van der Waals surface area contributed by atoms with Crippen molar-refractivity contribution in [2.45, 2.75) is 56.5 Å². The van der Waals surface area contributed by atoms with Gasteiger partial charge in [-0.3, -0.25) is 14.4 Å². The lowest BCUT2D eigenvalue weighted by Crippen LogP contribution is -2.45. The number of H-pyrrole nitrogens is 1. The van der Waals surface area contributed by atoms with Crippen LogP contribution in [0.25, 0.3) is 0 Å². The highest BCUT2D eigenvalue weighted by molar-refractivity contribution is 7.16. The molecule has 0 bridgehead atoms. The number of tetrazole rings is 1. The van der Waals surface area contributed by atoms with Gasteiger partial charge in [-0.1, -0.05) is 5.21 Å². The molecule has 2 atom stereocenters. The lowest BCUT2D eigenvalue weighted by atomic mass is 9.76. The Morgan fingerprint density at radius 2 is 1.77 bits per heavy atom. The Morgan fingerprint density at radius 3 is 2.30 bits per heavy atom. The fourth-order valence-electron chi connectivity index (χ4n) is 5.71. The van der Waals surface area contributed by atoms with Gasteiger partial charge >= 0.3 is 0 Å². The third kappa shape index (κ3) is 4.89. The Bertz CT molecular complexity index is 1390. The van der Waals surface area contributed by atoms with Gasteiger partial charge in [0.25, 0.3) is 11.8 Å². The topological polar surface area (TPSA) is 169 Å². The molecule has 14 heteroatoms. The number of nitrogens with one attached hydrogen (secondary N) is 4. The summed E-state index contributed by atoms with van der Waals surface area (Å²) in [5.74, 6) is -0.0154. The number of aromatic nitrogens is 4. The molecule has 12 nitrogen and oxygen atoms in total. The number of nitriles is 1. The Labute approximate surface area is 239 Å². The zero-order valence-electron chi connectivity index (χ0n) is 22.5. The predicted molar refractivity (Wildman–Crippen MR) is 149 cm³/mol. The maximum absolute atomic E-state index is 13.0. The molecule has 0 spiro atoms. The van der Waals surface area contributed by atoms with E-state index in [4.69, 9.17) is 0 Å². The lowest BCUT2D eigenvalue weighted by molar-refractivity contribution is -0.130. The molecule has 3 aromatic rings. The predicted octanol–water partition coefficient (Wildman–Crippen LogP) is 1.36. The second kappa shape index (κ2) is 11.4. The van der Waals surface area contributed by atoms with Crippen LogP contribution in [0.4, 0.5) is 0 Å². The number of thiophene rings is 2. The van der Waals surface area contributed by atoms with Gasteiger partial charge in [-0.15, -0.1) is 32.9 Å². The maximum atomic E-state index is 13.0. The summed E-state index contributed by atoms with van der Waals surface area (Å²) in [5.41, 5.74) is 1.13. The van der Waals surface area contributed by atoms with Crippen LogP contribution in [-0.4, -0.2) is 82.5 Å². The molecule has 1 aliphatic carbocycles. The fourth-order valence-corrected chi connectivity index (χ4v) is 8.49. The summed E-state index contributed by atoms with van der Waals surface area (Å²) in [7, 11) is 3.21. The van der Waals surface area contributed by atoms with E-state index in [0.717, 1.165) is 27.3 Å². The molecule has 0 radical (unpaired) electrons. The molecule has 0 saturated carbocycles. The summed E-state index contributed by atoms with van der Waals surface area (Å²) in [4.78, 5) is 43.0. The Morgan fingerprint density at radius 1 is 1.15 bits per heavy atom. The van der Waals surface area contributed by atoms with E-state index in [2.05, 4.69) is 42.6 Å². The third-order valence-corrected chi connectivity index (χ3v) is 10.3. The van der Waals surface area contributed by atoms with Crippen LogP contribution >= 0.6 is 22.7 Å². The summed E-state index contributed by atoms with van der Waals surface area (Å²) in [6.07, 6.45) is 3.34. The van der Waals surface area contributed by atoms with E-state index in [1.165, 1.54) is 22.7 Å². The molecule has 1 aliphatic heterocycles. The van der Waals surface area contributed by atoms with Crippen molar-refractivity contribution < 1.29 is 14.4 Å². The fraction of sp³-hybridized carbons (Fsp3) is 0.500. The highest BCUT2D eigenvalue weighted by Crippen LogP contribution is 2.52. The first kappa shape index (κ1) is 27.9. The van der Waals surface area contributed by atoms with E-state index in [1.807, 2.05) is 19.1 Å². The van der Waals surface area contributed by atoms with Gasteiger partial charge in [0.05, 0.1) is 22.4 Å². The minimum Gasteiger partial charge on any atom is -0.354 e. The molecule has 0 aromatic carbocycles. The second-order valence-corrected chi connectivity index (χ2v) is 12.2. The van der Waals surface area contributed by atoms with E-state index in [9.17, 15) is 19.6 Å². The van der Waals surface area contributed by atoms with Crippen molar-refractivity contribution in [3.63, 3.8) is 0 Å². The summed E-state index contributed by atoms with van der Waals surface area (Å²) < 4.78 is 0. The van der Waals surface area contributed by atoms with Crippen LogP contribution in [0.15, 0.2) is 12.1 Å². The number of rotatable bonds is 8. The lowest BCUT2D eigenvalue weighted by Gasteiger charge is -2.33. The molecule has 210 valence electrons. The molecule has 3 amide bonds. The SMILES string of the molecule is CNC(=O)c1cc2c(s1)C(C[C@@H](C)NCC(=O)N1CCC[C@H]1C#N)(c1nn[nH]n1)c1sc(C(=O)NC)cc1CC2. The zero-order chi connectivity index (χ0) is 28.4. The Balaban J connectivity index is 1.57. The van der Waals surface area contributed by atoms with Crippen LogP contribution < -0.4 is 16.0 Å². The van der Waals surface area contributed by atoms with Crippen molar-refractivity contribution in [1.29, 1.82) is 5.26 Å². The smallest absolute Gasteiger partial charge is 0.261 e. The quantitative estimate of drug-likeness (QED) is 0.309. The first-order chi connectivity index (χ1) is 19.3. The first-order valence-corrected chi connectivity index (χ1v) is 14.8. The average molecular weight is 582 g/mol. The molecular formula is C26H31N9O3S2. The Kier molecular flexibility index (Phi) is 7.97. The normalized spacial score (nSPS) is 18.2. The van der Waals surface area contributed by atoms with Crippen molar-refractivity contribution in [1.82, 2.24) is 41.5 Å². The van der Waals surface area contributed by atoms with Gasteiger partial charge in [0, 0.05) is 36.4 Å². The van der Waals surface area contributed by atoms with Crippen LogP contribution in [0.1, 0.15) is 72.2 Å². The van der Waals surface area contributed by atoms with Gasteiger partial charge < -0.3 is 20.9 Å². The second-order valence-electron chi connectivity index (χ2n) is 10.1. The van der Waals surface area contributed by atoms with E-state index in [0.29, 0.717) is 47.8 Å². The average Bonchev–Trinajstić information content (AvgIpc) is 3.78. The highest BCUT2D eigenvalue weighted by Gasteiger charge is 2.48. The van der Waals surface area contributed by atoms with E-state index in [1.54, 1.807) is 19.0 Å². The number of fused-ring (bicyclic) bond motifs is 2. The molecule has 4 heterocycles. The monoisotopic (exact) mass is 581 g/mol. The van der Waals surface area contributed by atoms with Crippen molar-refractivity contribution in [3.05, 3.63) is 48.6 Å². The van der Waals surface area contributed by atoms with Crippen LogP contribution in [0.3, 0.4) is 0 Å². The maximum Gasteiger partial charge on any atom is 0.261 e. The van der Waals surface area contributed by atoms with E-state index >= 15 is 0 Å². The number of amides is 3. The van der Waals surface area contributed by atoms with Gasteiger partial charge in [0.1, 0.15) is 11.5 Å². The molecule has 4 N–H and O–H groups in total. The number of likely N-dealkylation sites (tertiary alicyclic amines) is 1. The standard InChI is InChI=1S/C26H31N9O3S2/c1-14(30-13-20(36)35-8-4-5-17(35)12-27)11-26(25-31-33-34-32-25)21-15(9-18(39-21)23(37)28-2)6-7-16-10-19(24(38)29-3)40-22(16)26/h9-10,14,17,30H,4-8,11,13H2,1-3H3,(H,28,37)(H,29,38)(H,31,32,33,34)/t14-,17+/m1/s1. The van der Waals surface area contributed by atoms with Gasteiger partial charge in [-0.2, -0.15) is 10.5 Å². The molecule has 1 saturated heterocycles. The first-order valence-electron chi connectivity index (χ1n) is 13.2. The molecule has 2 aliphatic rings. The molecule has 3 aromatic heterocycles. The van der Waals surface area contributed by atoms with Crippen molar-refractivity contribution in [2.75, 3.05) is 27.2 Å². The summed E-state index contributed by atoms with van der Waals surface area (Å²) in [6, 6.07) is 5.49. The van der Waals surface area contributed by atoms with Crippen molar-refractivity contribution in [2.24, 2.45) is 0 Å². The number of hydrogen-bond donors (Lipinski definition) is 4. The van der Waals surface area contributed by atoms with Gasteiger partial charge in [-0.05, 0) is 62.3 Å². The van der Waals surface area contributed by atoms with Crippen LogP contribution in [0, 0.1) is 11.3 Å². The van der Waals surface area contributed by atoms with Crippen LogP contribution in [-0.2, 0) is 23.1 Å². The van der Waals surface area contributed by atoms with Gasteiger partial charge in [0.15, 0.2) is 5.82 Å². The number of hydrogen-bond acceptors (Lipinski definition) is 10. The largest absolute Gasteiger partial charge is 0.354 e. The number of nitrogens with zero attached hydrogens (tertiary/aromatic N) is 5.